The first-order valence-electron chi connectivity index (χ1n) is 7.62. The number of likely N-dealkylation sites (tertiary alicyclic amines) is 1. The lowest BCUT2D eigenvalue weighted by molar-refractivity contribution is 0.147. The van der Waals surface area contributed by atoms with Gasteiger partial charge in [0.05, 0.1) is 0 Å². The predicted octanol–water partition coefficient (Wildman–Crippen LogP) is 1.83. The van der Waals surface area contributed by atoms with Crippen molar-refractivity contribution in [1.82, 2.24) is 14.8 Å². The highest BCUT2D eigenvalue weighted by atomic mass is 32.2. The Bertz CT molecular complexity index is 549. The van der Waals surface area contributed by atoms with Gasteiger partial charge < -0.3 is 4.52 Å². The molecular weight excluding hydrogens is 290 g/mol. The van der Waals surface area contributed by atoms with Crippen LogP contribution in [0.3, 0.4) is 0 Å². The molecule has 1 aliphatic rings. The average Bonchev–Trinajstić information content (AvgIpc) is 2.79. The van der Waals surface area contributed by atoms with Crippen LogP contribution < -0.4 is 4.72 Å². The number of aromatic nitrogens is 1. The van der Waals surface area contributed by atoms with Crippen molar-refractivity contribution in [2.45, 2.75) is 57.4 Å². The third-order valence-corrected chi connectivity index (χ3v) is 5.85. The number of piperidine rings is 1. The van der Waals surface area contributed by atoms with Gasteiger partial charge in [0, 0.05) is 19.1 Å². The maximum Gasteiger partial charge on any atom is 0.246 e. The molecule has 2 rings (SSSR count). The van der Waals surface area contributed by atoms with Gasteiger partial charge in [-0.05, 0) is 39.7 Å². The normalized spacial score (nSPS) is 20.8. The molecule has 0 radical (unpaired) electrons. The predicted molar refractivity (Wildman–Crippen MR) is 80.7 cm³/mol. The van der Waals surface area contributed by atoms with Gasteiger partial charge in [-0.3, -0.25) is 4.90 Å². The second-order valence-electron chi connectivity index (χ2n) is 5.64. The van der Waals surface area contributed by atoms with Gasteiger partial charge in [-0.1, -0.05) is 18.5 Å². The number of hydrogen-bond donors (Lipinski definition) is 1. The second kappa shape index (κ2) is 6.89. The minimum Gasteiger partial charge on any atom is -0.360 e. The van der Waals surface area contributed by atoms with Crippen LogP contribution in [0, 0.1) is 13.8 Å². The fourth-order valence-electron chi connectivity index (χ4n) is 3.07. The summed E-state index contributed by atoms with van der Waals surface area (Å²) < 4.78 is 32.2. The third-order valence-electron chi connectivity index (χ3n) is 4.15. The third kappa shape index (κ3) is 3.84. The SMILES string of the molecule is CCC1CCCCN1CCNS(=O)(=O)c1c(C)noc1C. The van der Waals surface area contributed by atoms with Crippen molar-refractivity contribution in [3.63, 3.8) is 0 Å². The number of aryl methyl sites for hydroxylation is 2. The van der Waals surface area contributed by atoms with Crippen LogP contribution in [-0.2, 0) is 10.0 Å². The molecule has 0 bridgehead atoms. The van der Waals surface area contributed by atoms with Crippen molar-refractivity contribution in [1.29, 1.82) is 0 Å². The standard InChI is InChI=1S/C14H25N3O3S/c1-4-13-7-5-6-9-17(13)10-8-15-21(18,19)14-11(2)16-20-12(14)3/h13,15H,4-10H2,1-3H3. The molecule has 1 atom stereocenters. The maximum absolute atomic E-state index is 12.3. The molecule has 0 aromatic carbocycles. The van der Waals surface area contributed by atoms with Gasteiger partial charge in [0.15, 0.2) is 5.76 Å². The minimum absolute atomic E-state index is 0.174. The summed E-state index contributed by atoms with van der Waals surface area (Å²) >= 11 is 0. The number of nitrogens with one attached hydrogen (secondary N) is 1. The molecule has 1 unspecified atom stereocenters. The van der Waals surface area contributed by atoms with E-state index in [1.165, 1.54) is 19.3 Å². The van der Waals surface area contributed by atoms with E-state index in [0.717, 1.165) is 19.5 Å². The van der Waals surface area contributed by atoms with Crippen LogP contribution in [0.1, 0.15) is 44.1 Å². The molecule has 0 saturated carbocycles. The summed E-state index contributed by atoms with van der Waals surface area (Å²) in [6, 6.07) is 0.585. The van der Waals surface area contributed by atoms with Crippen LogP contribution in [0.5, 0.6) is 0 Å². The Morgan fingerprint density at radius 1 is 1.38 bits per heavy atom. The number of sulfonamides is 1. The van der Waals surface area contributed by atoms with Gasteiger partial charge in [0.25, 0.3) is 0 Å². The molecule has 1 aromatic heterocycles. The fourth-order valence-corrected chi connectivity index (χ4v) is 4.42. The van der Waals surface area contributed by atoms with E-state index in [9.17, 15) is 8.42 Å². The van der Waals surface area contributed by atoms with Crippen molar-refractivity contribution >= 4 is 10.0 Å². The van der Waals surface area contributed by atoms with Gasteiger partial charge in [-0.15, -0.1) is 0 Å². The lowest BCUT2D eigenvalue weighted by Gasteiger charge is -2.35. The average molecular weight is 315 g/mol. The number of hydrogen-bond acceptors (Lipinski definition) is 5. The van der Waals surface area contributed by atoms with Gasteiger partial charge >= 0.3 is 0 Å². The molecule has 1 fully saturated rings. The van der Waals surface area contributed by atoms with E-state index < -0.39 is 10.0 Å². The Labute approximate surface area is 126 Å². The molecule has 6 nitrogen and oxygen atoms in total. The van der Waals surface area contributed by atoms with Crippen molar-refractivity contribution < 1.29 is 12.9 Å². The first kappa shape index (κ1) is 16.5. The van der Waals surface area contributed by atoms with E-state index >= 15 is 0 Å². The molecule has 120 valence electrons. The quantitative estimate of drug-likeness (QED) is 0.867. The Hall–Kier alpha value is -0.920. The highest BCUT2D eigenvalue weighted by molar-refractivity contribution is 7.89. The molecular formula is C14H25N3O3S. The molecule has 0 amide bonds. The molecule has 2 heterocycles. The summed E-state index contributed by atoms with van der Waals surface area (Å²) in [5.41, 5.74) is 0.407. The molecule has 0 aliphatic carbocycles. The lowest BCUT2D eigenvalue weighted by Crippen LogP contribution is -2.43. The van der Waals surface area contributed by atoms with E-state index in [0.29, 0.717) is 24.0 Å². The van der Waals surface area contributed by atoms with Gasteiger partial charge in [-0.2, -0.15) is 0 Å². The molecule has 1 aromatic rings. The number of rotatable bonds is 6. The van der Waals surface area contributed by atoms with E-state index in [4.69, 9.17) is 4.52 Å². The topological polar surface area (TPSA) is 75.4 Å². The summed E-state index contributed by atoms with van der Waals surface area (Å²) in [5.74, 6) is 0.337. The Kier molecular flexibility index (Phi) is 5.40. The monoisotopic (exact) mass is 315 g/mol. The van der Waals surface area contributed by atoms with Crippen LogP contribution in [-0.4, -0.2) is 44.2 Å². The van der Waals surface area contributed by atoms with E-state index in [2.05, 4.69) is 21.7 Å². The summed E-state index contributed by atoms with van der Waals surface area (Å²) in [6.45, 7) is 7.68. The smallest absolute Gasteiger partial charge is 0.246 e. The Morgan fingerprint density at radius 2 is 2.14 bits per heavy atom. The zero-order chi connectivity index (χ0) is 15.5. The highest BCUT2D eigenvalue weighted by Gasteiger charge is 2.25. The fraction of sp³-hybridized carbons (Fsp3) is 0.786. The van der Waals surface area contributed by atoms with Crippen molar-refractivity contribution in [2.24, 2.45) is 0 Å². The van der Waals surface area contributed by atoms with Crippen LogP contribution in [0.4, 0.5) is 0 Å². The van der Waals surface area contributed by atoms with Gasteiger partial charge in [0.2, 0.25) is 10.0 Å². The molecule has 1 aliphatic heterocycles. The Balaban J connectivity index is 1.93. The molecule has 0 spiro atoms. The van der Waals surface area contributed by atoms with Crippen molar-refractivity contribution in [3.05, 3.63) is 11.5 Å². The Morgan fingerprint density at radius 3 is 2.76 bits per heavy atom. The summed E-state index contributed by atoms with van der Waals surface area (Å²) in [7, 11) is -3.54. The van der Waals surface area contributed by atoms with Crippen LogP contribution in [0.15, 0.2) is 9.42 Å². The lowest BCUT2D eigenvalue weighted by atomic mass is 10.0. The first-order chi connectivity index (χ1) is 9.95. The van der Waals surface area contributed by atoms with E-state index in [1.54, 1.807) is 13.8 Å². The zero-order valence-corrected chi connectivity index (χ0v) is 13.9. The molecule has 1 saturated heterocycles. The summed E-state index contributed by atoms with van der Waals surface area (Å²) in [5, 5.41) is 3.70. The second-order valence-corrected chi connectivity index (χ2v) is 7.35. The zero-order valence-electron chi connectivity index (χ0n) is 13.1. The van der Waals surface area contributed by atoms with E-state index in [-0.39, 0.29) is 4.90 Å². The number of nitrogens with zero attached hydrogens (tertiary/aromatic N) is 2. The van der Waals surface area contributed by atoms with Crippen LogP contribution >= 0.6 is 0 Å². The van der Waals surface area contributed by atoms with Gasteiger partial charge in [-0.25, -0.2) is 13.1 Å². The molecule has 1 N–H and O–H groups in total. The summed E-state index contributed by atoms with van der Waals surface area (Å²) in [4.78, 5) is 2.56. The van der Waals surface area contributed by atoms with Gasteiger partial charge in [0.1, 0.15) is 10.6 Å². The van der Waals surface area contributed by atoms with Crippen molar-refractivity contribution in [2.75, 3.05) is 19.6 Å². The van der Waals surface area contributed by atoms with Crippen LogP contribution in [0.2, 0.25) is 0 Å². The van der Waals surface area contributed by atoms with E-state index in [1.807, 2.05) is 0 Å². The first-order valence-corrected chi connectivity index (χ1v) is 9.10. The largest absolute Gasteiger partial charge is 0.360 e. The van der Waals surface area contributed by atoms with Crippen molar-refractivity contribution in [3.8, 4) is 0 Å². The highest BCUT2D eigenvalue weighted by Crippen LogP contribution is 2.20. The molecule has 21 heavy (non-hydrogen) atoms. The summed E-state index contributed by atoms with van der Waals surface area (Å²) in [6.07, 6.45) is 4.82. The maximum atomic E-state index is 12.3. The van der Waals surface area contributed by atoms with Crippen LogP contribution in [0.25, 0.3) is 0 Å². The minimum atomic E-state index is -3.54. The molecule has 7 heteroatoms.